The molecule has 27 heavy (non-hydrogen) atoms. The lowest BCUT2D eigenvalue weighted by molar-refractivity contribution is -0.147. The van der Waals surface area contributed by atoms with Crippen LogP contribution in [0.1, 0.15) is 35.3 Å². The molecule has 0 aliphatic heterocycles. The van der Waals surface area contributed by atoms with Gasteiger partial charge in [-0.3, -0.25) is 9.59 Å². The third kappa shape index (κ3) is 4.64. The Balaban J connectivity index is 2.31. The molecule has 0 saturated carbocycles. The highest BCUT2D eigenvalue weighted by molar-refractivity contribution is 6.04. The van der Waals surface area contributed by atoms with Crippen molar-refractivity contribution in [3.63, 3.8) is 0 Å². The predicted octanol–water partition coefficient (Wildman–Crippen LogP) is 4.14. The Bertz CT molecular complexity index is 882. The van der Waals surface area contributed by atoms with E-state index in [-0.39, 0.29) is 16.8 Å². The summed E-state index contributed by atoms with van der Waals surface area (Å²) >= 11 is 0. The van der Waals surface area contributed by atoms with Crippen LogP contribution < -0.4 is 10.6 Å². The zero-order valence-corrected chi connectivity index (χ0v) is 14.9. The molecule has 2 aromatic carbocycles. The Kier molecular flexibility index (Phi) is 5.88. The van der Waals surface area contributed by atoms with Crippen molar-refractivity contribution < 1.29 is 27.2 Å². The van der Waals surface area contributed by atoms with Crippen molar-refractivity contribution in [2.24, 2.45) is 0 Å². The van der Waals surface area contributed by atoms with Crippen LogP contribution in [0.4, 0.5) is 23.2 Å². The molecule has 0 unspecified atom stereocenters. The number of alkyl halides is 2. The van der Waals surface area contributed by atoms with E-state index in [1.807, 2.05) is 0 Å². The van der Waals surface area contributed by atoms with Crippen LogP contribution in [0, 0.1) is 18.6 Å². The van der Waals surface area contributed by atoms with Crippen LogP contribution in [0.25, 0.3) is 0 Å². The number of halogens is 4. The maximum atomic E-state index is 14.5. The fourth-order valence-corrected chi connectivity index (χ4v) is 2.35. The number of anilines is 1. The summed E-state index contributed by atoms with van der Waals surface area (Å²) in [5, 5.41) is 4.44. The summed E-state index contributed by atoms with van der Waals surface area (Å²) in [5.41, 5.74) is -0.676. The minimum Gasteiger partial charge on any atom is -0.348 e. The third-order valence-electron chi connectivity index (χ3n) is 3.72. The van der Waals surface area contributed by atoms with Gasteiger partial charge in [0.1, 0.15) is 0 Å². The van der Waals surface area contributed by atoms with Gasteiger partial charge in [0.25, 0.3) is 11.8 Å². The van der Waals surface area contributed by atoms with Crippen LogP contribution in [0.15, 0.2) is 36.4 Å². The smallest absolute Gasteiger partial charge is 0.348 e. The normalized spacial score (nSPS) is 11.4. The highest BCUT2D eigenvalue weighted by Gasteiger charge is 2.42. The van der Waals surface area contributed by atoms with Gasteiger partial charge in [0.2, 0.25) is 0 Å². The molecule has 0 radical (unpaired) electrons. The largest absolute Gasteiger partial charge is 0.350 e. The molecule has 0 aliphatic rings. The number of hydrogen-bond donors (Lipinski definition) is 2. The molecule has 0 bridgehead atoms. The molecule has 0 aliphatic carbocycles. The Morgan fingerprint density at radius 2 is 1.67 bits per heavy atom. The summed E-state index contributed by atoms with van der Waals surface area (Å²) in [6.45, 7) is 4.49. The zero-order valence-electron chi connectivity index (χ0n) is 14.9. The first kappa shape index (κ1) is 20.4. The molecule has 0 atom stereocenters. The number of hydrogen-bond acceptors (Lipinski definition) is 2. The second kappa shape index (κ2) is 7.77. The molecule has 0 heterocycles. The standard InChI is InChI=1S/C19H18F4N2O2/c1-10(2)24-18(27)19(22,23)14-8-12(5-4-11(14)3)17(26)25-13-6-7-15(20)16(21)9-13/h4-10H,1-3H3,(H,24,27)(H,25,26). The quantitative estimate of drug-likeness (QED) is 0.764. The molecule has 0 spiro atoms. The first-order valence-electron chi connectivity index (χ1n) is 8.08. The van der Waals surface area contributed by atoms with Crippen molar-refractivity contribution in [3.8, 4) is 0 Å². The van der Waals surface area contributed by atoms with Crippen LogP contribution in [-0.4, -0.2) is 17.9 Å². The highest BCUT2D eigenvalue weighted by Crippen LogP contribution is 2.32. The molecule has 4 nitrogen and oxygen atoms in total. The van der Waals surface area contributed by atoms with Crippen molar-refractivity contribution in [1.82, 2.24) is 5.32 Å². The van der Waals surface area contributed by atoms with E-state index in [9.17, 15) is 27.2 Å². The second-order valence-corrected chi connectivity index (χ2v) is 6.32. The van der Waals surface area contributed by atoms with Gasteiger partial charge in [0, 0.05) is 28.9 Å². The molecule has 2 N–H and O–H groups in total. The molecule has 0 aromatic heterocycles. The number of carbonyl (C=O) groups excluding carboxylic acids is 2. The van der Waals surface area contributed by atoms with E-state index in [0.717, 1.165) is 24.3 Å². The minimum absolute atomic E-state index is 0.0367. The molecular weight excluding hydrogens is 364 g/mol. The van der Waals surface area contributed by atoms with E-state index in [0.29, 0.717) is 0 Å². The summed E-state index contributed by atoms with van der Waals surface area (Å²) < 4.78 is 55.2. The predicted molar refractivity (Wildman–Crippen MR) is 92.7 cm³/mol. The topological polar surface area (TPSA) is 58.2 Å². The molecule has 2 amide bonds. The molecule has 2 aromatic rings. The summed E-state index contributed by atoms with van der Waals surface area (Å²) in [7, 11) is 0. The maximum Gasteiger partial charge on any atom is 0.350 e. The van der Waals surface area contributed by atoms with E-state index in [2.05, 4.69) is 10.6 Å². The molecule has 8 heteroatoms. The van der Waals surface area contributed by atoms with Crippen molar-refractivity contribution in [2.75, 3.05) is 5.32 Å². The summed E-state index contributed by atoms with van der Waals surface area (Å²) in [4.78, 5) is 24.1. The molecule has 0 fully saturated rings. The van der Waals surface area contributed by atoms with Gasteiger partial charge in [0.15, 0.2) is 11.6 Å². The minimum atomic E-state index is -3.84. The van der Waals surface area contributed by atoms with Gasteiger partial charge < -0.3 is 10.6 Å². The van der Waals surface area contributed by atoms with Gasteiger partial charge in [-0.05, 0) is 50.6 Å². The van der Waals surface area contributed by atoms with Gasteiger partial charge in [-0.2, -0.15) is 8.78 Å². The van der Waals surface area contributed by atoms with Crippen LogP contribution in [0.3, 0.4) is 0 Å². The van der Waals surface area contributed by atoms with E-state index < -0.39 is 41.0 Å². The average molecular weight is 382 g/mol. The number of aryl methyl sites for hydroxylation is 1. The number of amides is 2. The average Bonchev–Trinajstić information content (AvgIpc) is 2.57. The van der Waals surface area contributed by atoms with E-state index >= 15 is 0 Å². The van der Waals surface area contributed by atoms with Gasteiger partial charge in [-0.1, -0.05) is 6.07 Å². The summed E-state index contributed by atoms with van der Waals surface area (Å²) in [6.07, 6.45) is 0. The number of nitrogens with one attached hydrogen (secondary N) is 2. The first-order valence-corrected chi connectivity index (χ1v) is 8.08. The van der Waals surface area contributed by atoms with Gasteiger partial charge in [0.05, 0.1) is 0 Å². The van der Waals surface area contributed by atoms with Gasteiger partial charge in [-0.25, -0.2) is 8.78 Å². The number of rotatable bonds is 5. The second-order valence-electron chi connectivity index (χ2n) is 6.32. The molecule has 2 rings (SSSR count). The van der Waals surface area contributed by atoms with Gasteiger partial charge >= 0.3 is 5.92 Å². The van der Waals surface area contributed by atoms with E-state index in [4.69, 9.17) is 0 Å². The lowest BCUT2D eigenvalue weighted by atomic mass is 9.98. The number of benzene rings is 2. The summed E-state index contributed by atoms with van der Waals surface area (Å²) in [6, 6.07) is 5.74. The van der Waals surface area contributed by atoms with Crippen molar-refractivity contribution >= 4 is 17.5 Å². The van der Waals surface area contributed by atoms with Crippen molar-refractivity contribution in [1.29, 1.82) is 0 Å². The molecule has 144 valence electrons. The number of carbonyl (C=O) groups is 2. The lowest BCUT2D eigenvalue weighted by Crippen LogP contribution is -2.42. The Morgan fingerprint density at radius 3 is 2.26 bits per heavy atom. The van der Waals surface area contributed by atoms with Crippen LogP contribution >= 0.6 is 0 Å². The Labute approximate surface area is 153 Å². The molecular formula is C19H18F4N2O2. The maximum absolute atomic E-state index is 14.5. The molecule has 0 saturated heterocycles. The SMILES string of the molecule is Cc1ccc(C(=O)Nc2ccc(F)c(F)c2)cc1C(F)(F)C(=O)NC(C)C. The Hall–Kier alpha value is -2.90. The van der Waals surface area contributed by atoms with Crippen LogP contribution in [0.5, 0.6) is 0 Å². The summed E-state index contributed by atoms with van der Waals surface area (Å²) in [5.74, 6) is -8.36. The fraction of sp³-hybridized carbons (Fsp3) is 0.263. The Morgan fingerprint density at radius 1 is 1.00 bits per heavy atom. The van der Waals surface area contributed by atoms with Crippen LogP contribution in [0.2, 0.25) is 0 Å². The highest BCUT2D eigenvalue weighted by atomic mass is 19.3. The fourth-order valence-electron chi connectivity index (χ4n) is 2.35. The lowest BCUT2D eigenvalue weighted by Gasteiger charge is -2.20. The van der Waals surface area contributed by atoms with E-state index in [1.54, 1.807) is 13.8 Å². The monoisotopic (exact) mass is 382 g/mol. The van der Waals surface area contributed by atoms with Crippen molar-refractivity contribution in [2.45, 2.75) is 32.7 Å². The van der Waals surface area contributed by atoms with Gasteiger partial charge in [-0.15, -0.1) is 0 Å². The van der Waals surface area contributed by atoms with Crippen LogP contribution in [-0.2, 0) is 10.7 Å². The zero-order chi connectivity index (χ0) is 20.4. The van der Waals surface area contributed by atoms with Crippen molar-refractivity contribution in [3.05, 3.63) is 64.7 Å². The first-order chi connectivity index (χ1) is 12.5. The van der Waals surface area contributed by atoms with E-state index in [1.165, 1.54) is 19.1 Å². The third-order valence-corrected chi connectivity index (χ3v) is 3.72.